The number of hydrogen-bond donors (Lipinski definition) is 0. The lowest BCUT2D eigenvalue weighted by atomic mass is 9.83. The van der Waals surface area contributed by atoms with E-state index in [1.165, 1.54) is 70.6 Å². The summed E-state index contributed by atoms with van der Waals surface area (Å²) in [5, 5.41) is 14.7. The molecule has 0 aliphatic heterocycles. The number of para-hydroxylation sites is 1. The van der Waals surface area contributed by atoms with E-state index in [1.54, 1.807) is 0 Å². The first-order valence-electron chi connectivity index (χ1n) is 15.5. The second-order valence-corrected chi connectivity index (χ2v) is 12.0. The maximum Gasteiger partial charge on any atom is 0.143 e. The van der Waals surface area contributed by atoms with E-state index in [4.69, 9.17) is 4.42 Å². The summed E-state index contributed by atoms with van der Waals surface area (Å²) in [5.74, 6) is 0. The van der Waals surface area contributed by atoms with Crippen LogP contribution >= 0.6 is 0 Å². The first-order chi connectivity index (χ1) is 22.3. The number of hydrogen-bond acceptors (Lipinski definition) is 1. The van der Waals surface area contributed by atoms with Crippen molar-refractivity contribution in [1.82, 2.24) is 0 Å². The first kappa shape index (κ1) is 24.5. The van der Waals surface area contributed by atoms with E-state index >= 15 is 0 Å². The van der Waals surface area contributed by atoms with Crippen molar-refractivity contribution in [3.05, 3.63) is 158 Å². The molecule has 0 atom stereocenters. The Hall–Kier alpha value is -5.92. The van der Waals surface area contributed by atoms with Crippen LogP contribution in [0.3, 0.4) is 0 Å². The van der Waals surface area contributed by atoms with Crippen LogP contribution in [0.4, 0.5) is 0 Å². The second-order valence-electron chi connectivity index (χ2n) is 12.0. The van der Waals surface area contributed by atoms with Gasteiger partial charge in [0.05, 0.1) is 0 Å². The molecule has 1 heterocycles. The Labute approximate surface area is 259 Å². The van der Waals surface area contributed by atoms with Crippen molar-refractivity contribution in [1.29, 1.82) is 0 Å². The maximum absolute atomic E-state index is 6.75. The van der Waals surface area contributed by atoms with Gasteiger partial charge in [0.2, 0.25) is 0 Å². The molecule has 0 bridgehead atoms. The Kier molecular flexibility index (Phi) is 5.06. The molecule has 0 amide bonds. The Balaban J connectivity index is 1.39. The van der Waals surface area contributed by atoms with Crippen LogP contribution in [0.25, 0.3) is 98.1 Å². The summed E-state index contributed by atoms with van der Waals surface area (Å²) in [6, 6.07) is 57.3. The van der Waals surface area contributed by atoms with Gasteiger partial charge in [0.15, 0.2) is 0 Å². The summed E-state index contributed by atoms with van der Waals surface area (Å²) in [7, 11) is 0. The molecule has 0 aliphatic carbocycles. The van der Waals surface area contributed by atoms with Gasteiger partial charge in [-0.05, 0) is 83.2 Å². The molecular formula is C44H26O. The number of rotatable bonds is 2. The van der Waals surface area contributed by atoms with E-state index in [0.717, 1.165) is 27.5 Å². The number of benzene rings is 9. The fourth-order valence-corrected chi connectivity index (χ4v) is 7.64. The highest BCUT2D eigenvalue weighted by molar-refractivity contribution is 6.28. The monoisotopic (exact) mass is 570 g/mol. The van der Waals surface area contributed by atoms with Crippen molar-refractivity contribution in [2.45, 2.75) is 0 Å². The van der Waals surface area contributed by atoms with Crippen LogP contribution in [0.2, 0.25) is 0 Å². The molecule has 0 aliphatic rings. The summed E-state index contributed by atoms with van der Waals surface area (Å²) in [4.78, 5) is 0. The third kappa shape index (κ3) is 3.50. The van der Waals surface area contributed by atoms with Crippen molar-refractivity contribution in [2.75, 3.05) is 0 Å². The molecular weight excluding hydrogens is 544 g/mol. The van der Waals surface area contributed by atoms with Crippen LogP contribution in [-0.2, 0) is 0 Å². The molecule has 10 aromatic rings. The lowest BCUT2D eigenvalue weighted by Crippen LogP contribution is -1.92. The van der Waals surface area contributed by atoms with Gasteiger partial charge >= 0.3 is 0 Å². The van der Waals surface area contributed by atoms with Gasteiger partial charge in [-0.1, -0.05) is 140 Å². The molecule has 0 fully saturated rings. The Morgan fingerprint density at radius 1 is 0.289 bits per heavy atom. The normalized spacial score (nSPS) is 12.0. The van der Waals surface area contributed by atoms with Crippen molar-refractivity contribution in [3.63, 3.8) is 0 Å². The predicted molar refractivity (Wildman–Crippen MR) is 192 cm³/mol. The van der Waals surface area contributed by atoms with Crippen molar-refractivity contribution < 1.29 is 4.42 Å². The average Bonchev–Trinajstić information content (AvgIpc) is 3.48. The quantitative estimate of drug-likeness (QED) is 0.149. The summed E-state index contributed by atoms with van der Waals surface area (Å²) >= 11 is 0. The van der Waals surface area contributed by atoms with E-state index in [0.29, 0.717) is 0 Å². The molecule has 9 aromatic carbocycles. The van der Waals surface area contributed by atoms with Gasteiger partial charge in [-0.3, -0.25) is 0 Å². The zero-order chi connectivity index (χ0) is 29.5. The Morgan fingerprint density at radius 3 is 1.51 bits per heavy atom. The number of furan rings is 1. The van der Waals surface area contributed by atoms with Crippen LogP contribution in [0, 0.1) is 0 Å². The Bertz CT molecular complexity index is 2760. The van der Waals surface area contributed by atoms with Gasteiger partial charge in [-0.2, -0.15) is 0 Å². The molecule has 0 saturated heterocycles. The van der Waals surface area contributed by atoms with Crippen LogP contribution in [0.15, 0.2) is 162 Å². The van der Waals surface area contributed by atoms with Gasteiger partial charge in [0.1, 0.15) is 11.2 Å². The largest absolute Gasteiger partial charge is 0.455 e. The molecule has 10 rings (SSSR count). The highest BCUT2D eigenvalue weighted by Crippen LogP contribution is 2.49. The highest BCUT2D eigenvalue weighted by Gasteiger charge is 2.22. The zero-order valence-corrected chi connectivity index (χ0v) is 24.4. The van der Waals surface area contributed by atoms with E-state index in [-0.39, 0.29) is 0 Å². The molecule has 1 nitrogen and oxygen atoms in total. The van der Waals surface area contributed by atoms with Crippen molar-refractivity contribution in [3.8, 4) is 22.3 Å². The molecule has 208 valence electrons. The molecule has 0 spiro atoms. The maximum atomic E-state index is 6.75. The SMILES string of the molecule is c1ccc2c(-c3c4ccccc4c(-c4ccc5ccc6ccccc6c5c4)c4ccccc34)c3oc4ccccc4c3cc2c1. The van der Waals surface area contributed by atoms with E-state index < -0.39 is 0 Å². The second kappa shape index (κ2) is 9.29. The van der Waals surface area contributed by atoms with Gasteiger partial charge < -0.3 is 4.42 Å². The van der Waals surface area contributed by atoms with Crippen LogP contribution < -0.4 is 0 Å². The summed E-state index contributed by atoms with van der Waals surface area (Å²) in [6.45, 7) is 0. The van der Waals surface area contributed by atoms with Crippen LogP contribution in [-0.4, -0.2) is 0 Å². The molecule has 0 N–H and O–H groups in total. The smallest absolute Gasteiger partial charge is 0.143 e. The fourth-order valence-electron chi connectivity index (χ4n) is 7.64. The first-order valence-corrected chi connectivity index (χ1v) is 15.5. The van der Waals surface area contributed by atoms with Gasteiger partial charge in [0.25, 0.3) is 0 Å². The fraction of sp³-hybridized carbons (Fsp3) is 0. The molecule has 45 heavy (non-hydrogen) atoms. The van der Waals surface area contributed by atoms with Gasteiger partial charge in [0, 0.05) is 21.9 Å². The average molecular weight is 571 g/mol. The third-order valence-corrected chi connectivity index (χ3v) is 9.61. The topological polar surface area (TPSA) is 13.1 Å². The summed E-state index contributed by atoms with van der Waals surface area (Å²) < 4.78 is 6.75. The molecule has 0 unspecified atom stereocenters. The number of fused-ring (bicyclic) bond motifs is 9. The minimum absolute atomic E-state index is 0.915. The summed E-state index contributed by atoms with van der Waals surface area (Å²) in [6.07, 6.45) is 0. The summed E-state index contributed by atoms with van der Waals surface area (Å²) in [5.41, 5.74) is 6.72. The standard InChI is InChI=1S/C44H26O/c1-3-13-31-27(11-1)21-22-28-23-24-30(26-38(28)31)41-34-16-5-7-18-36(34)42(37-19-8-6-17-35(37)41)43-32-14-4-2-12-29(32)25-39-33-15-9-10-20-40(33)45-44(39)43/h1-26H. The Morgan fingerprint density at radius 2 is 0.800 bits per heavy atom. The van der Waals surface area contributed by atoms with Gasteiger partial charge in [-0.25, -0.2) is 0 Å². The lowest BCUT2D eigenvalue weighted by molar-refractivity contribution is 0.670. The highest BCUT2D eigenvalue weighted by atomic mass is 16.3. The minimum Gasteiger partial charge on any atom is -0.455 e. The molecule has 1 aromatic heterocycles. The molecule has 0 saturated carbocycles. The lowest BCUT2D eigenvalue weighted by Gasteiger charge is -2.19. The van der Waals surface area contributed by atoms with Crippen molar-refractivity contribution in [2.24, 2.45) is 0 Å². The van der Waals surface area contributed by atoms with Crippen LogP contribution in [0.1, 0.15) is 0 Å². The van der Waals surface area contributed by atoms with E-state index in [1.807, 2.05) is 0 Å². The zero-order valence-electron chi connectivity index (χ0n) is 24.4. The predicted octanol–water partition coefficient (Wildman–Crippen LogP) is 12.7. The van der Waals surface area contributed by atoms with Crippen LogP contribution in [0.5, 0.6) is 0 Å². The van der Waals surface area contributed by atoms with E-state index in [2.05, 4.69) is 158 Å². The molecule has 0 radical (unpaired) electrons. The van der Waals surface area contributed by atoms with E-state index in [9.17, 15) is 0 Å². The van der Waals surface area contributed by atoms with Crippen molar-refractivity contribution >= 4 is 75.8 Å². The molecule has 1 heteroatoms. The van der Waals surface area contributed by atoms with Gasteiger partial charge in [-0.15, -0.1) is 0 Å². The minimum atomic E-state index is 0.915. The third-order valence-electron chi connectivity index (χ3n) is 9.61.